The molecule has 0 radical (unpaired) electrons. The van der Waals surface area contributed by atoms with Crippen molar-refractivity contribution in [1.82, 2.24) is 4.98 Å². The number of nitrogens with one attached hydrogen (secondary N) is 1. The average Bonchev–Trinajstić information content (AvgIpc) is 2.43. The van der Waals surface area contributed by atoms with Gasteiger partial charge < -0.3 is 20.5 Å². The lowest BCUT2D eigenvalue weighted by Gasteiger charge is -2.51. The van der Waals surface area contributed by atoms with Gasteiger partial charge in [0.05, 0.1) is 18.9 Å². The molecule has 0 saturated heterocycles. The summed E-state index contributed by atoms with van der Waals surface area (Å²) in [6, 6.07) is 3.41. The van der Waals surface area contributed by atoms with Crippen LogP contribution in [-0.2, 0) is 9.47 Å². The van der Waals surface area contributed by atoms with E-state index in [9.17, 15) is 4.79 Å². The van der Waals surface area contributed by atoms with Crippen molar-refractivity contribution in [1.29, 1.82) is 0 Å². The van der Waals surface area contributed by atoms with Crippen molar-refractivity contribution in [2.75, 3.05) is 25.3 Å². The van der Waals surface area contributed by atoms with E-state index in [1.165, 1.54) is 7.11 Å². The van der Waals surface area contributed by atoms with Gasteiger partial charge in [-0.15, -0.1) is 0 Å². The smallest absolute Gasteiger partial charge is 0.356 e. The highest BCUT2D eigenvalue weighted by atomic mass is 16.5. The van der Waals surface area contributed by atoms with Crippen LogP contribution in [0.1, 0.15) is 30.8 Å². The van der Waals surface area contributed by atoms with Crippen LogP contribution in [0.25, 0.3) is 0 Å². The van der Waals surface area contributed by atoms with Crippen LogP contribution in [0.4, 0.5) is 11.5 Å². The minimum absolute atomic E-state index is 0.00978. The molecule has 2 unspecified atom stereocenters. The monoisotopic (exact) mass is 279 g/mol. The van der Waals surface area contributed by atoms with E-state index < -0.39 is 5.97 Å². The Bertz CT molecular complexity index is 516. The van der Waals surface area contributed by atoms with Crippen molar-refractivity contribution >= 4 is 17.5 Å². The number of methoxy groups -OCH3 is 2. The number of aromatic nitrogens is 1. The number of nitrogens with two attached hydrogens (primary N) is 1. The summed E-state index contributed by atoms with van der Waals surface area (Å²) in [4.78, 5) is 15.7. The molecule has 2 rings (SSSR count). The first-order chi connectivity index (χ1) is 9.40. The summed E-state index contributed by atoms with van der Waals surface area (Å²) < 4.78 is 10.1. The van der Waals surface area contributed by atoms with Gasteiger partial charge in [0, 0.05) is 18.6 Å². The molecule has 110 valence electrons. The Morgan fingerprint density at radius 2 is 2.15 bits per heavy atom. The molecule has 1 aliphatic rings. The molecule has 1 aliphatic carbocycles. The third kappa shape index (κ3) is 2.43. The molecule has 3 N–H and O–H groups in total. The third-order valence-corrected chi connectivity index (χ3v) is 4.09. The van der Waals surface area contributed by atoms with Gasteiger partial charge in [0.15, 0.2) is 5.69 Å². The summed E-state index contributed by atoms with van der Waals surface area (Å²) in [6.45, 7) is 4.26. The number of rotatable bonds is 4. The van der Waals surface area contributed by atoms with Gasteiger partial charge in [-0.1, -0.05) is 13.8 Å². The fourth-order valence-corrected chi connectivity index (χ4v) is 2.50. The van der Waals surface area contributed by atoms with E-state index in [0.29, 0.717) is 11.5 Å². The predicted octanol–water partition coefficient (Wildman–Crippen LogP) is 1.68. The standard InChI is InChI=1S/C14H21N3O3/c1-14(2)10(7-11(14)19-3)17-12-8(15)5-6-9(16-12)13(18)20-4/h5-6,10-11H,7,15H2,1-4H3,(H,16,17). The largest absolute Gasteiger partial charge is 0.464 e. The topological polar surface area (TPSA) is 86.5 Å². The Kier molecular flexibility index (Phi) is 3.85. The second-order valence-corrected chi connectivity index (χ2v) is 5.60. The van der Waals surface area contributed by atoms with Crippen molar-refractivity contribution in [3.05, 3.63) is 17.8 Å². The van der Waals surface area contributed by atoms with Gasteiger partial charge in [-0.2, -0.15) is 0 Å². The molecular weight excluding hydrogens is 258 g/mol. The maximum Gasteiger partial charge on any atom is 0.356 e. The molecule has 0 bridgehead atoms. The first-order valence-corrected chi connectivity index (χ1v) is 6.54. The van der Waals surface area contributed by atoms with Crippen molar-refractivity contribution in [2.45, 2.75) is 32.4 Å². The van der Waals surface area contributed by atoms with E-state index >= 15 is 0 Å². The predicted molar refractivity (Wildman–Crippen MR) is 76.6 cm³/mol. The highest BCUT2D eigenvalue weighted by Crippen LogP contribution is 2.44. The quantitative estimate of drug-likeness (QED) is 0.815. The summed E-state index contributed by atoms with van der Waals surface area (Å²) >= 11 is 0. The van der Waals surface area contributed by atoms with Gasteiger partial charge >= 0.3 is 5.97 Å². The van der Waals surface area contributed by atoms with Crippen LogP contribution >= 0.6 is 0 Å². The molecule has 1 aromatic rings. The Morgan fingerprint density at radius 3 is 2.70 bits per heavy atom. The molecule has 1 aromatic heterocycles. The second-order valence-electron chi connectivity index (χ2n) is 5.60. The fourth-order valence-electron chi connectivity index (χ4n) is 2.50. The van der Waals surface area contributed by atoms with Crippen molar-refractivity contribution in [2.24, 2.45) is 5.41 Å². The molecule has 1 heterocycles. The molecule has 1 saturated carbocycles. The normalized spacial score (nSPS) is 23.8. The zero-order valence-corrected chi connectivity index (χ0v) is 12.3. The lowest BCUT2D eigenvalue weighted by molar-refractivity contribution is -0.0795. The zero-order chi connectivity index (χ0) is 14.9. The first-order valence-electron chi connectivity index (χ1n) is 6.54. The minimum Gasteiger partial charge on any atom is -0.464 e. The number of nitrogen functional groups attached to an aromatic ring is 1. The van der Waals surface area contributed by atoms with E-state index in [1.807, 2.05) is 0 Å². The third-order valence-electron chi connectivity index (χ3n) is 4.09. The summed E-state index contributed by atoms with van der Waals surface area (Å²) in [5.74, 6) is 0.0382. The van der Waals surface area contributed by atoms with Crippen LogP contribution in [0.5, 0.6) is 0 Å². The Labute approximate surface area is 118 Å². The van der Waals surface area contributed by atoms with Gasteiger partial charge in [0.25, 0.3) is 0 Å². The van der Waals surface area contributed by atoms with Crippen molar-refractivity contribution in [3.63, 3.8) is 0 Å². The first kappa shape index (κ1) is 14.6. The van der Waals surface area contributed by atoms with Crippen LogP contribution < -0.4 is 11.1 Å². The van der Waals surface area contributed by atoms with E-state index in [1.54, 1.807) is 19.2 Å². The average molecular weight is 279 g/mol. The number of carbonyl (C=O) groups is 1. The highest BCUT2D eigenvalue weighted by Gasteiger charge is 2.48. The van der Waals surface area contributed by atoms with E-state index in [4.69, 9.17) is 10.5 Å². The number of hydrogen-bond acceptors (Lipinski definition) is 6. The van der Waals surface area contributed by atoms with Gasteiger partial charge in [-0.25, -0.2) is 9.78 Å². The molecular formula is C14H21N3O3. The van der Waals surface area contributed by atoms with Crippen molar-refractivity contribution in [3.8, 4) is 0 Å². The molecule has 0 aromatic carbocycles. The molecule has 0 spiro atoms. The molecule has 0 aliphatic heterocycles. The number of anilines is 2. The second kappa shape index (κ2) is 5.28. The SMILES string of the molecule is COC(=O)c1ccc(N)c(NC2CC(OC)C2(C)C)n1. The summed E-state index contributed by atoms with van der Waals surface area (Å²) in [6.07, 6.45) is 1.09. The maximum absolute atomic E-state index is 11.5. The Morgan fingerprint density at radius 1 is 1.45 bits per heavy atom. The molecule has 6 heteroatoms. The number of nitrogens with zero attached hydrogens (tertiary/aromatic N) is 1. The Balaban J connectivity index is 2.16. The molecule has 0 amide bonds. The van der Waals surface area contributed by atoms with E-state index in [-0.39, 0.29) is 23.3 Å². The number of carbonyl (C=O) groups excluding carboxylic acids is 1. The van der Waals surface area contributed by atoms with Gasteiger partial charge in [0.1, 0.15) is 5.82 Å². The summed E-state index contributed by atoms with van der Waals surface area (Å²) in [7, 11) is 3.04. The maximum atomic E-state index is 11.5. The Hall–Kier alpha value is -1.82. The highest BCUT2D eigenvalue weighted by molar-refractivity contribution is 5.88. The minimum atomic E-state index is -0.476. The van der Waals surface area contributed by atoms with E-state index in [2.05, 4.69) is 28.9 Å². The number of esters is 1. The fraction of sp³-hybridized carbons (Fsp3) is 0.571. The van der Waals surface area contributed by atoms with Crippen LogP contribution in [0.15, 0.2) is 12.1 Å². The molecule has 6 nitrogen and oxygen atoms in total. The lowest BCUT2D eigenvalue weighted by atomic mass is 9.64. The van der Waals surface area contributed by atoms with Gasteiger partial charge in [-0.05, 0) is 18.6 Å². The molecule has 20 heavy (non-hydrogen) atoms. The summed E-state index contributed by atoms with van der Waals surface area (Å²) in [5.41, 5.74) is 6.64. The molecule has 1 fully saturated rings. The zero-order valence-electron chi connectivity index (χ0n) is 12.3. The van der Waals surface area contributed by atoms with Crippen LogP contribution in [0.3, 0.4) is 0 Å². The summed E-state index contributed by atoms with van der Waals surface area (Å²) in [5, 5.41) is 3.30. The van der Waals surface area contributed by atoms with Crippen LogP contribution in [-0.4, -0.2) is 37.3 Å². The van der Waals surface area contributed by atoms with Crippen molar-refractivity contribution < 1.29 is 14.3 Å². The molecule has 2 atom stereocenters. The number of hydrogen-bond donors (Lipinski definition) is 2. The van der Waals surface area contributed by atoms with Crippen LogP contribution in [0.2, 0.25) is 0 Å². The van der Waals surface area contributed by atoms with E-state index in [0.717, 1.165) is 6.42 Å². The lowest BCUT2D eigenvalue weighted by Crippen LogP contribution is -2.57. The van der Waals surface area contributed by atoms with Gasteiger partial charge in [0.2, 0.25) is 0 Å². The van der Waals surface area contributed by atoms with Crippen LogP contribution in [0, 0.1) is 5.41 Å². The number of pyridine rings is 1. The number of ether oxygens (including phenoxy) is 2. The van der Waals surface area contributed by atoms with Gasteiger partial charge in [-0.3, -0.25) is 0 Å².